The Morgan fingerprint density at radius 2 is 1.62 bits per heavy atom. The molecule has 0 aliphatic carbocycles. The van der Waals surface area contributed by atoms with E-state index in [-0.39, 0.29) is 30.5 Å². The van der Waals surface area contributed by atoms with E-state index >= 15 is 0 Å². The van der Waals surface area contributed by atoms with Crippen molar-refractivity contribution < 1.29 is 17.9 Å². The maximum Gasteiger partial charge on any atom is 0.317 e. The first-order valence-corrected chi connectivity index (χ1v) is 14.7. The fraction of sp³-hybridized carbons (Fsp3) is 0.519. The summed E-state index contributed by atoms with van der Waals surface area (Å²) in [7, 11) is -3.30. The van der Waals surface area contributed by atoms with Gasteiger partial charge >= 0.3 is 6.03 Å². The van der Waals surface area contributed by atoms with Crippen LogP contribution < -0.4 is 14.8 Å². The molecule has 0 bridgehead atoms. The Balaban J connectivity index is 0.00000481. The lowest BCUT2D eigenvalue weighted by molar-refractivity contribution is 0.159. The zero-order valence-electron chi connectivity index (χ0n) is 22.3. The van der Waals surface area contributed by atoms with E-state index in [9.17, 15) is 13.2 Å². The Bertz CT molecular complexity index is 1070. The molecule has 1 aliphatic heterocycles. The fourth-order valence-electron chi connectivity index (χ4n) is 4.28. The average molecular weight is 553 g/mol. The minimum atomic E-state index is -3.30. The molecule has 10 heteroatoms. The number of benzene rings is 2. The molecule has 2 aromatic carbocycles. The number of anilines is 1. The van der Waals surface area contributed by atoms with Crippen LogP contribution in [0.3, 0.4) is 0 Å². The smallest absolute Gasteiger partial charge is 0.317 e. The van der Waals surface area contributed by atoms with Crippen molar-refractivity contribution in [3.63, 3.8) is 0 Å². The number of carbonyl (C=O) groups is 1. The van der Waals surface area contributed by atoms with E-state index in [1.54, 1.807) is 24.3 Å². The minimum absolute atomic E-state index is 0. The van der Waals surface area contributed by atoms with Gasteiger partial charge in [-0.15, -0.1) is 12.4 Å². The van der Waals surface area contributed by atoms with Gasteiger partial charge in [-0.3, -0.25) is 9.62 Å². The number of amides is 2. The minimum Gasteiger partial charge on any atom is -0.457 e. The molecule has 1 aliphatic rings. The molecule has 0 atom stereocenters. The van der Waals surface area contributed by atoms with E-state index in [1.807, 2.05) is 17.0 Å². The average Bonchev–Trinajstić information content (AvgIpc) is 2.82. The molecule has 1 fully saturated rings. The predicted octanol–water partition coefficient (Wildman–Crippen LogP) is 5.46. The Morgan fingerprint density at radius 1 is 1.05 bits per heavy atom. The van der Waals surface area contributed by atoms with Gasteiger partial charge in [-0.2, -0.15) is 0 Å². The van der Waals surface area contributed by atoms with Crippen LogP contribution in [0.25, 0.3) is 0 Å². The van der Waals surface area contributed by atoms with Gasteiger partial charge in [-0.1, -0.05) is 25.5 Å². The highest BCUT2D eigenvalue weighted by atomic mass is 35.5. The van der Waals surface area contributed by atoms with Gasteiger partial charge in [0.15, 0.2) is 0 Å². The maximum absolute atomic E-state index is 12.7. The van der Waals surface area contributed by atoms with Crippen molar-refractivity contribution >= 4 is 34.1 Å². The van der Waals surface area contributed by atoms with Crippen LogP contribution in [0, 0.1) is 0 Å². The number of halogens is 1. The molecule has 8 nitrogen and oxygen atoms in total. The zero-order valence-corrected chi connectivity index (χ0v) is 23.9. The van der Waals surface area contributed by atoms with Crippen molar-refractivity contribution in [1.29, 1.82) is 0 Å². The van der Waals surface area contributed by atoms with E-state index in [2.05, 4.69) is 47.8 Å². The van der Waals surface area contributed by atoms with Crippen LogP contribution >= 0.6 is 12.4 Å². The highest BCUT2D eigenvalue weighted by molar-refractivity contribution is 7.92. The second kappa shape index (κ2) is 14.4. The largest absolute Gasteiger partial charge is 0.457 e. The molecule has 3 rings (SSSR count). The summed E-state index contributed by atoms with van der Waals surface area (Å²) < 4.78 is 31.0. The predicted molar refractivity (Wildman–Crippen MR) is 152 cm³/mol. The van der Waals surface area contributed by atoms with Gasteiger partial charge in [0.25, 0.3) is 0 Å². The number of piperidine rings is 1. The van der Waals surface area contributed by atoms with E-state index in [0.717, 1.165) is 63.9 Å². The van der Waals surface area contributed by atoms with Crippen molar-refractivity contribution in [3.05, 3.63) is 54.1 Å². The van der Waals surface area contributed by atoms with Crippen molar-refractivity contribution in [2.45, 2.75) is 65.1 Å². The molecule has 0 saturated carbocycles. The van der Waals surface area contributed by atoms with Gasteiger partial charge in [-0.25, -0.2) is 13.2 Å². The Labute approximate surface area is 228 Å². The number of hydrogen-bond acceptors (Lipinski definition) is 5. The Kier molecular flexibility index (Phi) is 12.0. The summed E-state index contributed by atoms with van der Waals surface area (Å²) in [6.07, 6.45) is 5.14. The third-order valence-corrected chi connectivity index (χ3v) is 6.88. The lowest BCUT2D eigenvalue weighted by atomic mass is 10.0. The summed E-state index contributed by atoms with van der Waals surface area (Å²) in [6, 6.07) is 15.3. The number of urea groups is 1. The van der Waals surface area contributed by atoms with Crippen LogP contribution in [0.15, 0.2) is 48.5 Å². The van der Waals surface area contributed by atoms with Gasteiger partial charge in [0.05, 0.1) is 6.26 Å². The molecule has 0 radical (unpaired) electrons. The van der Waals surface area contributed by atoms with Crippen molar-refractivity contribution in [2.24, 2.45) is 0 Å². The first-order chi connectivity index (χ1) is 17.1. The van der Waals surface area contributed by atoms with Crippen LogP contribution in [-0.4, -0.2) is 62.2 Å². The van der Waals surface area contributed by atoms with Crippen LogP contribution in [0.4, 0.5) is 10.5 Å². The van der Waals surface area contributed by atoms with Crippen LogP contribution in [0.2, 0.25) is 0 Å². The van der Waals surface area contributed by atoms with Gasteiger partial charge in [0, 0.05) is 44.0 Å². The summed E-state index contributed by atoms with van der Waals surface area (Å²) in [5.41, 5.74) is 1.71. The lowest BCUT2D eigenvalue weighted by Gasteiger charge is -2.34. The highest BCUT2D eigenvalue weighted by Gasteiger charge is 2.24. The third-order valence-electron chi connectivity index (χ3n) is 6.27. The molecule has 0 aromatic heterocycles. The molecule has 37 heavy (non-hydrogen) atoms. The van der Waals surface area contributed by atoms with Crippen LogP contribution in [-0.2, 0) is 16.6 Å². The van der Waals surface area contributed by atoms with Crippen molar-refractivity contribution in [2.75, 3.05) is 30.6 Å². The normalized spacial score (nSPS) is 14.6. The SMILES string of the molecule is CCCCN(C(=O)NC1CCN(Cc2ccc(Oc3ccc(NS(C)(=O)=O)cc3)cc2)CC1)C(C)C.Cl. The van der Waals surface area contributed by atoms with Gasteiger partial charge < -0.3 is 15.0 Å². The van der Waals surface area contributed by atoms with Crippen molar-refractivity contribution in [3.8, 4) is 11.5 Å². The molecule has 0 spiro atoms. The molecular weight excluding hydrogens is 512 g/mol. The van der Waals surface area contributed by atoms with Crippen LogP contribution in [0.1, 0.15) is 52.0 Å². The summed E-state index contributed by atoms with van der Waals surface area (Å²) in [5, 5.41) is 3.25. The van der Waals surface area contributed by atoms with Crippen LogP contribution in [0.5, 0.6) is 11.5 Å². The number of rotatable bonds is 11. The standard InChI is InChI=1S/C27H40N4O4S.ClH/c1-5-6-17-31(21(2)3)27(32)28-23-15-18-30(19-16-23)20-22-7-11-25(12-8-22)35-26-13-9-24(10-14-26)29-36(4,33)34;/h7-14,21,23,29H,5-6,15-20H2,1-4H3,(H,28,32);1H. The Hall–Kier alpha value is -2.49. The Morgan fingerprint density at radius 3 is 2.14 bits per heavy atom. The van der Waals surface area contributed by atoms with Gasteiger partial charge in [0.1, 0.15) is 11.5 Å². The lowest BCUT2D eigenvalue weighted by Crippen LogP contribution is -2.51. The number of likely N-dealkylation sites (tertiary alicyclic amines) is 1. The van der Waals surface area contributed by atoms with E-state index in [1.165, 1.54) is 5.56 Å². The molecule has 2 N–H and O–H groups in total. The molecule has 2 amide bonds. The molecule has 206 valence electrons. The summed E-state index contributed by atoms with van der Waals surface area (Å²) in [6.45, 7) is 9.87. The van der Waals surface area contributed by atoms with Crippen molar-refractivity contribution in [1.82, 2.24) is 15.1 Å². The quantitative estimate of drug-likeness (QED) is 0.386. The molecule has 1 saturated heterocycles. The monoisotopic (exact) mass is 552 g/mol. The van der Waals surface area contributed by atoms with Gasteiger partial charge in [0.2, 0.25) is 10.0 Å². The molecule has 1 heterocycles. The fourth-order valence-corrected chi connectivity index (χ4v) is 4.84. The number of carbonyl (C=O) groups excluding carboxylic acids is 1. The number of nitrogens with zero attached hydrogens (tertiary/aromatic N) is 2. The second-order valence-corrected chi connectivity index (χ2v) is 11.5. The number of hydrogen-bond donors (Lipinski definition) is 2. The first-order valence-electron chi connectivity index (χ1n) is 12.8. The maximum atomic E-state index is 12.7. The number of ether oxygens (including phenoxy) is 1. The molecular formula is C27H41ClN4O4S. The third kappa shape index (κ3) is 10.4. The van der Waals surface area contributed by atoms with E-state index in [0.29, 0.717) is 11.4 Å². The first kappa shape index (κ1) is 30.7. The molecule has 0 unspecified atom stereocenters. The zero-order chi connectivity index (χ0) is 26.1. The van der Waals surface area contributed by atoms with E-state index < -0.39 is 10.0 Å². The van der Waals surface area contributed by atoms with E-state index in [4.69, 9.17) is 4.74 Å². The molecule has 2 aromatic rings. The summed E-state index contributed by atoms with van der Waals surface area (Å²) >= 11 is 0. The summed E-state index contributed by atoms with van der Waals surface area (Å²) in [5.74, 6) is 1.36. The number of sulfonamides is 1. The number of unbranched alkanes of at least 4 members (excludes halogenated alkanes) is 1. The number of nitrogens with one attached hydrogen (secondary N) is 2. The topological polar surface area (TPSA) is 91.0 Å². The van der Waals surface area contributed by atoms with Gasteiger partial charge in [-0.05, 0) is 75.1 Å². The second-order valence-electron chi connectivity index (χ2n) is 9.79. The highest BCUT2D eigenvalue weighted by Crippen LogP contribution is 2.24. The summed E-state index contributed by atoms with van der Waals surface area (Å²) in [4.78, 5) is 17.1.